The first-order chi connectivity index (χ1) is 27.7. The van der Waals surface area contributed by atoms with Crippen LogP contribution in [0.4, 0.5) is 40.9 Å². The topological polar surface area (TPSA) is 165 Å². The van der Waals surface area contributed by atoms with E-state index in [4.69, 9.17) is 17.3 Å². The van der Waals surface area contributed by atoms with Crippen LogP contribution in [0.25, 0.3) is 22.0 Å². The summed E-state index contributed by atoms with van der Waals surface area (Å²) in [6.45, 7) is -4.25. The number of nitrogens with two attached hydrogens (primary N) is 1. The zero-order valence-corrected chi connectivity index (χ0v) is 32.5. The first-order valence-electron chi connectivity index (χ1n) is 17.6. The molecule has 2 aliphatic rings. The standard InChI is InChI=1S/C38H34ClF8N7O4S/c1-54-33-23(6-8-26(39)30(33)36(52-54)53-59(2,57)58)22-4-3-21(9-10-37(56,16-40)17-41)50-32(22)27(13-18-11-19(42)14-20(43)12-18)51-28(55)15-49-34-29(31(48)35(44)45)24-5-7-25(24)38(34,46)47/h3-4,6,8,11-12,14,24-25,27,35,56H,5,7,13,15-17,48H2,1-2H3,(H,51,55)(H,52,53)/t24-,25+,27-/m0/s1. The summed E-state index contributed by atoms with van der Waals surface area (Å²) < 4.78 is 142. The van der Waals surface area contributed by atoms with Gasteiger partial charge in [0.2, 0.25) is 15.9 Å². The Kier molecular flexibility index (Phi) is 12.1. The van der Waals surface area contributed by atoms with E-state index in [2.05, 4.69) is 37.0 Å². The molecule has 2 heterocycles. The van der Waals surface area contributed by atoms with Crippen molar-refractivity contribution in [3.05, 3.63) is 87.3 Å². The van der Waals surface area contributed by atoms with Gasteiger partial charge in [-0.2, -0.15) is 13.9 Å². The summed E-state index contributed by atoms with van der Waals surface area (Å²) in [6, 6.07) is 6.56. The van der Waals surface area contributed by atoms with Gasteiger partial charge in [-0.05, 0) is 67.0 Å². The molecule has 4 aromatic rings. The lowest BCUT2D eigenvalue weighted by Crippen LogP contribution is -2.37. The van der Waals surface area contributed by atoms with Crippen molar-refractivity contribution in [2.24, 2.45) is 29.6 Å². The fourth-order valence-electron chi connectivity index (χ4n) is 7.20. The van der Waals surface area contributed by atoms with Gasteiger partial charge in [0.25, 0.3) is 12.3 Å². The number of aliphatic imine (C=N–C) groups is 1. The van der Waals surface area contributed by atoms with Crippen LogP contribution in [0.2, 0.25) is 5.02 Å². The number of aliphatic hydroxyl groups is 1. The van der Waals surface area contributed by atoms with Crippen molar-refractivity contribution < 1.29 is 53.4 Å². The molecule has 2 aliphatic carbocycles. The maximum Gasteiger partial charge on any atom is 0.292 e. The molecule has 2 saturated carbocycles. The van der Waals surface area contributed by atoms with Gasteiger partial charge in [-0.1, -0.05) is 23.6 Å². The number of anilines is 1. The van der Waals surface area contributed by atoms with Crippen molar-refractivity contribution in [1.82, 2.24) is 20.1 Å². The minimum atomic E-state index is -3.89. The van der Waals surface area contributed by atoms with Crippen LogP contribution in [-0.2, 0) is 28.3 Å². The van der Waals surface area contributed by atoms with E-state index >= 15 is 8.78 Å². The van der Waals surface area contributed by atoms with Crippen LogP contribution in [0.5, 0.6) is 0 Å². The van der Waals surface area contributed by atoms with Gasteiger partial charge in [-0.25, -0.2) is 39.7 Å². The number of aryl methyl sites for hydroxylation is 1. The average Bonchev–Trinajstić information content (AvgIpc) is 3.53. The molecular weight excluding hydrogens is 838 g/mol. The highest BCUT2D eigenvalue weighted by molar-refractivity contribution is 7.92. The summed E-state index contributed by atoms with van der Waals surface area (Å²) in [4.78, 5) is 22.1. The zero-order chi connectivity index (χ0) is 43.2. The van der Waals surface area contributed by atoms with Gasteiger partial charge < -0.3 is 16.2 Å². The normalized spacial score (nSPS) is 19.6. The van der Waals surface area contributed by atoms with Crippen LogP contribution < -0.4 is 15.8 Å². The van der Waals surface area contributed by atoms with Crippen LogP contribution >= 0.6 is 11.6 Å². The number of amides is 1. The summed E-state index contributed by atoms with van der Waals surface area (Å²) in [7, 11) is -2.43. The number of carbonyl (C=O) groups is 1. The number of rotatable bonds is 12. The van der Waals surface area contributed by atoms with Gasteiger partial charge in [0, 0.05) is 35.7 Å². The molecule has 21 heteroatoms. The summed E-state index contributed by atoms with van der Waals surface area (Å²) in [5, 5.41) is 17.1. The van der Waals surface area contributed by atoms with Gasteiger partial charge in [0.1, 0.15) is 42.9 Å². The largest absolute Gasteiger partial charge is 0.397 e. The zero-order valence-electron chi connectivity index (χ0n) is 30.9. The first-order valence-corrected chi connectivity index (χ1v) is 19.9. The lowest BCUT2D eigenvalue weighted by Gasteiger charge is -2.32. The lowest BCUT2D eigenvalue weighted by atomic mass is 9.73. The van der Waals surface area contributed by atoms with Crippen LogP contribution in [0.3, 0.4) is 0 Å². The number of carbonyl (C=O) groups excluding carboxylic acids is 1. The number of aromatic nitrogens is 3. The summed E-state index contributed by atoms with van der Waals surface area (Å²) in [5.74, 6) is -4.84. The van der Waals surface area contributed by atoms with E-state index in [9.17, 15) is 44.7 Å². The molecule has 0 saturated heterocycles. The predicted molar refractivity (Wildman–Crippen MR) is 203 cm³/mol. The van der Waals surface area contributed by atoms with Gasteiger partial charge in [0.15, 0.2) is 11.4 Å². The third kappa shape index (κ3) is 8.87. The molecule has 6 rings (SSSR count). The van der Waals surface area contributed by atoms with Gasteiger partial charge >= 0.3 is 0 Å². The fraction of sp³-hybridized carbons (Fsp3) is 0.368. The molecule has 2 fully saturated rings. The first kappa shape index (κ1) is 43.3. The number of hydrogen-bond acceptors (Lipinski definition) is 8. The van der Waals surface area contributed by atoms with Crippen molar-refractivity contribution >= 4 is 50.0 Å². The number of fused-ring (bicyclic) bond motifs is 2. The lowest BCUT2D eigenvalue weighted by molar-refractivity contribution is -0.120. The van der Waals surface area contributed by atoms with Gasteiger partial charge in [-0.3, -0.25) is 19.2 Å². The van der Waals surface area contributed by atoms with Gasteiger partial charge in [0.05, 0.1) is 39.6 Å². The highest BCUT2D eigenvalue weighted by atomic mass is 35.5. The summed E-state index contributed by atoms with van der Waals surface area (Å²) >= 11 is 6.53. The predicted octanol–water partition coefficient (Wildman–Crippen LogP) is 5.95. The number of nitrogens with one attached hydrogen (secondary N) is 2. The summed E-state index contributed by atoms with van der Waals surface area (Å²) in [6.07, 6.45) is -2.69. The molecule has 3 atom stereocenters. The monoisotopic (exact) mass is 871 g/mol. The van der Waals surface area contributed by atoms with Crippen LogP contribution in [0, 0.1) is 35.3 Å². The molecule has 11 nitrogen and oxygen atoms in total. The van der Waals surface area contributed by atoms with Crippen LogP contribution in [0.15, 0.2) is 58.7 Å². The molecule has 2 aromatic carbocycles. The molecule has 2 aromatic heterocycles. The third-order valence-electron chi connectivity index (χ3n) is 9.94. The highest BCUT2D eigenvalue weighted by Gasteiger charge is 2.62. The second kappa shape index (κ2) is 16.4. The molecule has 5 N–H and O–H groups in total. The summed E-state index contributed by atoms with van der Waals surface area (Å²) in [5.41, 5.74) is 0.321. The SMILES string of the molecule is Cn1nc(NS(C)(=O)=O)c2c(Cl)ccc(-c3ccc(C#CC(O)(CF)CF)nc3[C@H](Cc3cc(F)cc(F)c3)NC(=O)CN=C3C(=C(N)C(F)F)[C@H]4CC[C@H]4C3(F)F)c21. The molecule has 0 unspecified atom stereocenters. The molecule has 314 valence electrons. The van der Waals surface area contributed by atoms with E-state index in [0.717, 1.165) is 18.4 Å². The fourth-order valence-corrected chi connectivity index (χ4v) is 7.94. The van der Waals surface area contributed by atoms with Crippen molar-refractivity contribution in [1.29, 1.82) is 0 Å². The van der Waals surface area contributed by atoms with E-state index < -0.39 is 107 Å². The number of hydrogen-bond donors (Lipinski definition) is 4. The Bertz CT molecular complexity index is 2550. The Hall–Kier alpha value is -5.26. The smallest absolute Gasteiger partial charge is 0.292 e. The van der Waals surface area contributed by atoms with E-state index in [-0.39, 0.29) is 62.7 Å². The van der Waals surface area contributed by atoms with E-state index in [1.807, 2.05) is 0 Å². The van der Waals surface area contributed by atoms with Crippen molar-refractivity contribution in [3.8, 4) is 23.0 Å². The van der Waals surface area contributed by atoms with Crippen LogP contribution in [-0.4, -0.2) is 84.0 Å². The average molecular weight is 872 g/mol. The Labute approximate surface area is 336 Å². The highest BCUT2D eigenvalue weighted by Crippen LogP contribution is 2.57. The van der Waals surface area contributed by atoms with Crippen molar-refractivity contribution in [2.75, 3.05) is 30.9 Å². The molecule has 1 amide bonds. The van der Waals surface area contributed by atoms with Crippen LogP contribution in [0.1, 0.15) is 35.8 Å². The molecule has 0 aliphatic heterocycles. The second-order valence-corrected chi connectivity index (χ2v) is 16.3. The minimum Gasteiger partial charge on any atom is -0.397 e. The molecular formula is C38H34ClF8N7O4S. The number of halogens is 9. The maximum atomic E-state index is 15.5. The Morgan fingerprint density at radius 2 is 1.78 bits per heavy atom. The maximum absolute atomic E-state index is 15.5. The quantitative estimate of drug-likeness (QED) is 0.101. The van der Waals surface area contributed by atoms with E-state index in [1.165, 1.54) is 36.0 Å². The Balaban J connectivity index is 1.53. The number of allylic oxidation sites excluding steroid dienone is 2. The third-order valence-corrected chi connectivity index (χ3v) is 10.8. The van der Waals surface area contributed by atoms with Crippen molar-refractivity contribution in [2.45, 2.75) is 43.3 Å². The molecule has 0 bridgehead atoms. The van der Waals surface area contributed by atoms with E-state index in [0.29, 0.717) is 6.07 Å². The number of pyridine rings is 1. The number of benzene rings is 2. The number of nitrogens with zero attached hydrogens (tertiary/aromatic N) is 4. The Morgan fingerprint density at radius 3 is 2.37 bits per heavy atom. The minimum absolute atomic E-state index is 0.0113. The Morgan fingerprint density at radius 1 is 1.12 bits per heavy atom. The molecule has 0 radical (unpaired) electrons. The number of sulfonamides is 1. The molecule has 59 heavy (non-hydrogen) atoms. The van der Waals surface area contributed by atoms with Crippen molar-refractivity contribution in [3.63, 3.8) is 0 Å². The number of alkyl halides is 6. The second-order valence-electron chi connectivity index (χ2n) is 14.2. The van der Waals surface area contributed by atoms with E-state index in [1.54, 1.807) is 0 Å². The van der Waals surface area contributed by atoms with Gasteiger partial charge in [-0.15, -0.1) is 0 Å². The molecule has 0 spiro atoms.